The van der Waals surface area contributed by atoms with Crippen molar-refractivity contribution in [2.24, 2.45) is 0 Å². The van der Waals surface area contributed by atoms with Crippen molar-refractivity contribution in [2.45, 2.75) is 9.79 Å². The van der Waals surface area contributed by atoms with Gasteiger partial charge < -0.3 is 19.9 Å². The van der Waals surface area contributed by atoms with Crippen LogP contribution in [0.25, 0.3) is 10.8 Å². The number of aromatic hydroxyl groups is 1. The fourth-order valence-electron chi connectivity index (χ4n) is 1.84. The molecule has 2 aromatic rings. The van der Waals surface area contributed by atoms with Crippen LogP contribution in [0.15, 0.2) is 34.1 Å². The summed E-state index contributed by atoms with van der Waals surface area (Å²) in [6, 6.07) is 3.93. The van der Waals surface area contributed by atoms with Gasteiger partial charge in [0.05, 0.1) is 15.5 Å². The molecule has 0 aromatic heterocycles. The molecule has 0 saturated carbocycles. The third-order valence-corrected chi connectivity index (χ3v) is 4.40. The Morgan fingerprint density at radius 2 is 1.45 bits per heavy atom. The van der Waals surface area contributed by atoms with Gasteiger partial charge in [-0.1, -0.05) is 12.1 Å². The summed E-state index contributed by atoms with van der Waals surface area (Å²) in [7, 11) is -10.2. The second-order valence-corrected chi connectivity index (χ2v) is 6.59. The van der Waals surface area contributed by atoms with Crippen LogP contribution in [0.5, 0.6) is 5.75 Å². The number of benzene rings is 2. The van der Waals surface area contributed by atoms with Gasteiger partial charge in [0.1, 0.15) is 26.0 Å². The minimum atomic E-state index is -5.11. The van der Waals surface area contributed by atoms with Crippen molar-refractivity contribution in [1.82, 2.24) is 0 Å². The Morgan fingerprint density at radius 3 is 1.91 bits per heavy atom. The maximum absolute atomic E-state index is 11.2. The van der Waals surface area contributed by atoms with Crippen LogP contribution in [0.1, 0.15) is 0 Å². The molecule has 2 rings (SSSR count). The van der Waals surface area contributed by atoms with Crippen LogP contribution in [0.4, 0.5) is 5.69 Å². The SMILES string of the molecule is Nc1c(S(=O)(=O)[O-])cc(S(=O)(=O)[O-])c2cccc(O)c12.[Na+].[Na+]. The van der Waals surface area contributed by atoms with E-state index in [1.165, 1.54) is 6.07 Å². The minimum Gasteiger partial charge on any atom is -0.744 e. The van der Waals surface area contributed by atoms with E-state index < -0.39 is 41.5 Å². The van der Waals surface area contributed by atoms with E-state index in [1.807, 2.05) is 0 Å². The molecule has 2 aromatic carbocycles. The predicted octanol–water partition coefficient (Wildman–Crippen LogP) is -6.06. The van der Waals surface area contributed by atoms with E-state index in [0.29, 0.717) is 6.07 Å². The van der Waals surface area contributed by atoms with Crippen molar-refractivity contribution >= 4 is 36.7 Å². The topological polar surface area (TPSA) is 161 Å². The Bertz CT molecular complexity index is 926. The van der Waals surface area contributed by atoms with E-state index in [2.05, 4.69) is 0 Å². The number of anilines is 1. The number of nitrogens with two attached hydrogens (primary N) is 1. The van der Waals surface area contributed by atoms with Crippen molar-refractivity contribution in [1.29, 1.82) is 0 Å². The molecule has 0 unspecified atom stereocenters. The molecule has 12 heteroatoms. The van der Waals surface area contributed by atoms with Crippen molar-refractivity contribution in [2.75, 3.05) is 5.73 Å². The Balaban J connectivity index is 0.00000220. The monoisotopic (exact) mass is 363 g/mol. The molecule has 8 nitrogen and oxygen atoms in total. The molecule has 108 valence electrons. The van der Waals surface area contributed by atoms with Gasteiger partial charge in [-0.15, -0.1) is 0 Å². The molecule has 0 radical (unpaired) electrons. The van der Waals surface area contributed by atoms with Crippen molar-refractivity contribution < 1.29 is 90.2 Å². The molecule has 0 saturated heterocycles. The largest absolute Gasteiger partial charge is 1.00 e. The number of phenols is 1. The van der Waals surface area contributed by atoms with E-state index in [9.17, 15) is 31.0 Å². The third kappa shape index (κ3) is 4.15. The van der Waals surface area contributed by atoms with Gasteiger partial charge in [0, 0.05) is 10.8 Å². The maximum atomic E-state index is 11.2. The molecule has 0 aliphatic rings. The van der Waals surface area contributed by atoms with Gasteiger partial charge in [-0.05, 0) is 12.1 Å². The zero-order chi connectivity index (χ0) is 15.3. The summed E-state index contributed by atoms with van der Waals surface area (Å²) in [4.78, 5) is -2.01. The number of nitrogen functional groups attached to an aromatic ring is 1. The molecule has 0 spiro atoms. The van der Waals surface area contributed by atoms with Crippen LogP contribution in [-0.2, 0) is 20.2 Å². The van der Waals surface area contributed by atoms with E-state index in [4.69, 9.17) is 5.73 Å². The van der Waals surface area contributed by atoms with Gasteiger partial charge in [0.25, 0.3) is 0 Å². The predicted molar refractivity (Wildman–Crippen MR) is 66.0 cm³/mol. The number of rotatable bonds is 2. The summed E-state index contributed by atoms with van der Waals surface area (Å²) >= 11 is 0. The van der Waals surface area contributed by atoms with E-state index in [1.54, 1.807) is 0 Å². The van der Waals surface area contributed by atoms with Crippen LogP contribution in [0.2, 0.25) is 0 Å². The third-order valence-electron chi connectivity index (χ3n) is 2.64. The maximum Gasteiger partial charge on any atom is 1.00 e. The zero-order valence-corrected chi connectivity index (χ0v) is 17.2. The van der Waals surface area contributed by atoms with Crippen LogP contribution in [0.3, 0.4) is 0 Å². The van der Waals surface area contributed by atoms with Crippen molar-refractivity contribution in [3.05, 3.63) is 24.3 Å². The van der Waals surface area contributed by atoms with Crippen molar-refractivity contribution in [3.63, 3.8) is 0 Å². The second-order valence-electron chi connectivity index (χ2n) is 3.89. The Labute approximate surface area is 170 Å². The van der Waals surface area contributed by atoms with E-state index in [0.717, 1.165) is 12.1 Å². The van der Waals surface area contributed by atoms with Gasteiger partial charge in [0.2, 0.25) is 0 Å². The van der Waals surface area contributed by atoms with E-state index >= 15 is 0 Å². The van der Waals surface area contributed by atoms with Gasteiger partial charge >= 0.3 is 59.1 Å². The molecule has 0 aliphatic heterocycles. The molecule has 0 fully saturated rings. The standard InChI is InChI=1S/C10H9NO7S2.2Na/c11-10-8(20(16,17)18)4-7(19(13,14)15)5-2-1-3-6(12)9(5)10;;/h1-4,12H,11H2,(H,13,14,15)(H,16,17,18);;/q;2*+1/p-2. The van der Waals surface area contributed by atoms with Gasteiger partial charge in [0.15, 0.2) is 0 Å². The summed E-state index contributed by atoms with van der Waals surface area (Å²) in [5.41, 5.74) is 4.87. The average molecular weight is 363 g/mol. The first-order chi connectivity index (χ1) is 9.03. The Kier molecular flexibility index (Phi) is 7.38. The molecule has 0 aliphatic carbocycles. The molecule has 0 heterocycles. The van der Waals surface area contributed by atoms with Gasteiger partial charge in [-0.3, -0.25) is 0 Å². The molecule has 3 N–H and O–H groups in total. The summed E-state index contributed by atoms with van der Waals surface area (Å²) in [6.07, 6.45) is 0. The molecule has 22 heavy (non-hydrogen) atoms. The van der Waals surface area contributed by atoms with E-state index in [-0.39, 0.29) is 69.9 Å². The number of phenolic OH excluding ortho intramolecular Hbond substituents is 1. The van der Waals surface area contributed by atoms with Gasteiger partial charge in [-0.25, -0.2) is 16.8 Å². The normalized spacial score (nSPS) is 11.5. The first-order valence-electron chi connectivity index (χ1n) is 4.99. The summed E-state index contributed by atoms with van der Waals surface area (Å²) in [5.74, 6) is -0.546. The van der Waals surface area contributed by atoms with Crippen molar-refractivity contribution in [3.8, 4) is 5.75 Å². The first kappa shape index (κ1) is 22.1. The second kappa shape index (κ2) is 7.34. The summed E-state index contributed by atoms with van der Waals surface area (Å²) < 4.78 is 66.7. The fourth-order valence-corrected chi connectivity index (χ4v) is 3.25. The molecule has 0 atom stereocenters. The number of hydrogen-bond donors (Lipinski definition) is 2. The quantitative estimate of drug-likeness (QED) is 0.303. The summed E-state index contributed by atoms with van der Waals surface area (Å²) in [5, 5.41) is 9.02. The number of fused-ring (bicyclic) bond motifs is 1. The summed E-state index contributed by atoms with van der Waals surface area (Å²) in [6.45, 7) is 0. The number of hydrogen-bond acceptors (Lipinski definition) is 8. The molecular weight excluding hydrogens is 356 g/mol. The first-order valence-corrected chi connectivity index (χ1v) is 7.81. The molecule has 0 amide bonds. The zero-order valence-electron chi connectivity index (χ0n) is 11.6. The van der Waals surface area contributed by atoms with Gasteiger partial charge in [-0.2, -0.15) is 0 Å². The van der Waals surface area contributed by atoms with Crippen LogP contribution >= 0.6 is 0 Å². The fraction of sp³-hybridized carbons (Fsp3) is 0. The average Bonchev–Trinajstić information content (AvgIpc) is 2.25. The Morgan fingerprint density at radius 1 is 0.955 bits per heavy atom. The van der Waals surface area contributed by atoms with Crippen LogP contribution in [0, 0.1) is 0 Å². The smallest absolute Gasteiger partial charge is 0.744 e. The Hall–Kier alpha value is 0.120. The molecular formula is C10H7NNa2O7S2. The molecule has 0 bridgehead atoms. The van der Waals surface area contributed by atoms with Crippen LogP contribution in [-0.4, -0.2) is 31.0 Å². The van der Waals surface area contributed by atoms with Crippen LogP contribution < -0.4 is 64.8 Å². The minimum absolute atomic E-state index is 0.